The van der Waals surface area contributed by atoms with Crippen LogP contribution in [0.4, 0.5) is 0 Å². The van der Waals surface area contributed by atoms with Gasteiger partial charge in [-0.2, -0.15) is 0 Å². The first-order valence-corrected chi connectivity index (χ1v) is 8.77. The van der Waals surface area contributed by atoms with Crippen molar-refractivity contribution in [1.82, 2.24) is 5.32 Å². The van der Waals surface area contributed by atoms with E-state index in [0.717, 1.165) is 11.3 Å². The third-order valence-corrected chi connectivity index (χ3v) is 6.17. The van der Waals surface area contributed by atoms with Gasteiger partial charge in [0.25, 0.3) is 0 Å². The van der Waals surface area contributed by atoms with Crippen LogP contribution in [-0.4, -0.2) is 17.6 Å². The Morgan fingerprint density at radius 3 is 2.90 bits per heavy atom. The molecule has 1 aliphatic carbocycles. The molecule has 0 saturated heterocycles. The highest BCUT2D eigenvalue weighted by atomic mass is 32.1. The van der Waals surface area contributed by atoms with Gasteiger partial charge in [0.15, 0.2) is 0 Å². The first-order chi connectivity index (χ1) is 9.97. The molecular formula is C16H19NO2S2. The molecule has 3 nitrogen and oxygen atoms in total. The highest BCUT2D eigenvalue weighted by Gasteiger charge is 2.45. The van der Waals surface area contributed by atoms with Gasteiger partial charge in [0, 0.05) is 26.5 Å². The van der Waals surface area contributed by atoms with Crippen LogP contribution in [0.25, 0.3) is 0 Å². The minimum atomic E-state index is -0.992. The lowest BCUT2D eigenvalue weighted by Crippen LogP contribution is -2.38. The average molecular weight is 321 g/mol. The Bertz CT molecular complexity index is 631. The van der Waals surface area contributed by atoms with Gasteiger partial charge in [0.05, 0.1) is 6.54 Å². The second kappa shape index (κ2) is 5.55. The van der Waals surface area contributed by atoms with Crippen LogP contribution >= 0.6 is 22.7 Å². The van der Waals surface area contributed by atoms with Crippen LogP contribution in [0, 0.1) is 12.8 Å². The smallest absolute Gasteiger partial charge is 0.223 e. The third-order valence-electron chi connectivity index (χ3n) is 3.91. The van der Waals surface area contributed by atoms with Gasteiger partial charge >= 0.3 is 0 Å². The number of hydrogen-bond acceptors (Lipinski definition) is 4. The molecule has 0 bridgehead atoms. The van der Waals surface area contributed by atoms with Crippen LogP contribution in [0.2, 0.25) is 0 Å². The van der Waals surface area contributed by atoms with Crippen molar-refractivity contribution in [2.45, 2.75) is 31.8 Å². The van der Waals surface area contributed by atoms with Crippen molar-refractivity contribution in [3.05, 3.63) is 44.3 Å². The van der Waals surface area contributed by atoms with Crippen molar-refractivity contribution in [2.75, 3.05) is 6.54 Å². The van der Waals surface area contributed by atoms with Crippen LogP contribution in [0.15, 0.2) is 29.6 Å². The Kier molecular flexibility index (Phi) is 3.90. The predicted molar refractivity (Wildman–Crippen MR) is 86.8 cm³/mol. The van der Waals surface area contributed by atoms with Crippen LogP contribution in [0.1, 0.15) is 33.9 Å². The summed E-state index contributed by atoms with van der Waals surface area (Å²) >= 11 is 3.28. The Morgan fingerprint density at radius 1 is 1.48 bits per heavy atom. The van der Waals surface area contributed by atoms with Crippen LogP contribution < -0.4 is 5.32 Å². The molecule has 2 aromatic heterocycles. The lowest BCUT2D eigenvalue weighted by molar-refractivity contribution is -0.123. The van der Waals surface area contributed by atoms with Crippen LogP contribution in [0.5, 0.6) is 0 Å². The number of aliphatic hydroxyl groups is 1. The first kappa shape index (κ1) is 14.8. The van der Waals surface area contributed by atoms with Crippen LogP contribution in [0.3, 0.4) is 0 Å². The average Bonchev–Trinajstić information content (AvgIpc) is 2.87. The predicted octanol–water partition coefficient (Wildman–Crippen LogP) is 3.25. The van der Waals surface area contributed by atoms with E-state index in [4.69, 9.17) is 0 Å². The van der Waals surface area contributed by atoms with Crippen molar-refractivity contribution < 1.29 is 9.90 Å². The maximum atomic E-state index is 12.2. The minimum absolute atomic E-state index is 0.0582. The van der Waals surface area contributed by atoms with E-state index in [1.54, 1.807) is 18.3 Å². The summed E-state index contributed by atoms with van der Waals surface area (Å²) in [6.07, 6.45) is 0.924. The Morgan fingerprint density at radius 2 is 2.29 bits per heavy atom. The van der Waals surface area contributed by atoms with Gasteiger partial charge in [0.2, 0.25) is 5.91 Å². The van der Waals surface area contributed by atoms with E-state index in [0.29, 0.717) is 5.92 Å². The molecular weight excluding hydrogens is 302 g/mol. The van der Waals surface area contributed by atoms with E-state index in [-0.39, 0.29) is 18.4 Å². The van der Waals surface area contributed by atoms with E-state index in [9.17, 15) is 9.90 Å². The Labute approximate surface area is 132 Å². The molecule has 2 N–H and O–H groups in total. The summed E-state index contributed by atoms with van der Waals surface area (Å²) in [5, 5.41) is 15.2. The quantitative estimate of drug-likeness (QED) is 0.888. The van der Waals surface area contributed by atoms with Crippen LogP contribution in [-0.2, 0) is 10.4 Å². The van der Waals surface area contributed by atoms with Crippen molar-refractivity contribution >= 4 is 28.6 Å². The molecule has 0 spiro atoms. The maximum absolute atomic E-state index is 12.2. The van der Waals surface area contributed by atoms with Gasteiger partial charge in [-0.15, -0.1) is 22.7 Å². The number of carbonyl (C=O) groups excluding carboxylic acids is 1. The molecule has 112 valence electrons. The molecule has 1 fully saturated rings. The second-order valence-corrected chi connectivity index (χ2v) is 8.13. The fraction of sp³-hybridized carbons (Fsp3) is 0.438. The number of aryl methyl sites for hydroxylation is 1. The van der Waals surface area contributed by atoms with E-state index < -0.39 is 5.60 Å². The summed E-state index contributed by atoms with van der Waals surface area (Å²) < 4.78 is 0. The van der Waals surface area contributed by atoms with Gasteiger partial charge in [0.1, 0.15) is 5.60 Å². The summed E-state index contributed by atoms with van der Waals surface area (Å²) in [5.41, 5.74) is -0.992. The summed E-state index contributed by atoms with van der Waals surface area (Å²) in [5.74, 6) is 0.500. The number of rotatable bonds is 5. The maximum Gasteiger partial charge on any atom is 0.223 e. The molecule has 3 atom stereocenters. The standard InChI is InChI=1S/C16H19NO2S2/c1-10-5-6-13(21-10)11-8-12(11)15(18)17-9-16(2,19)14-4-3-7-20-14/h3-7,11-12,19H,8-9H2,1-2H3,(H,17,18). The summed E-state index contributed by atoms with van der Waals surface area (Å²) in [4.78, 5) is 15.7. The molecule has 21 heavy (non-hydrogen) atoms. The van der Waals surface area contributed by atoms with Crippen molar-refractivity contribution in [3.63, 3.8) is 0 Å². The molecule has 3 rings (SSSR count). The highest BCUT2D eigenvalue weighted by molar-refractivity contribution is 7.12. The fourth-order valence-electron chi connectivity index (χ4n) is 2.51. The molecule has 0 aliphatic heterocycles. The number of carbonyl (C=O) groups is 1. The monoisotopic (exact) mass is 321 g/mol. The molecule has 5 heteroatoms. The minimum Gasteiger partial charge on any atom is -0.383 e. The largest absolute Gasteiger partial charge is 0.383 e. The Hall–Kier alpha value is -1.17. The van der Waals surface area contributed by atoms with E-state index in [2.05, 4.69) is 24.4 Å². The van der Waals surface area contributed by atoms with Crippen molar-refractivity contribution in [2.24, 2.45) is 5.92 Å². The van der Waals surface area contributed by atoms with E-state index >= 15 is 0 Å². The highest BCUT2D eigenvalue weighted by Crippen LogP contribution is 2.49. The van der Waals surface area contributed by atoms with Gasteiger partial charge in [-0.25, -0.2) is 0 Å². The summed E-state index contributed by atoms with van der Waals surface area (Å²) in [6.45, 7) is 4.09. The summed E-state index contributed by atoms with van der Waals surface area (Å²) in [6, 6.07) is 8.03. The number of nitrogens with one attached hydrogen (secondary N) is 1. The SMILES string of the molecule is Cc1ccc(C2CC2C(=O)NCC(C)(O)c2cccs2)s1. The second-order valence-electron chi connectivity index (χ2n) is 5.87. The summed E-state index contributed by atoms with van der Waals surface area (Å²) in [7, 11) is 0. The van der Waals surface area contributed by atoms with Crippen molar-refractivity contribution in [1.29, 1.82) is 0 Å². The first-order valence-electron chi connectivity index (χ1n) is 7.08. The lowest BCUT2D eigenvalue weighted by atomic mass is 10.1. The molecule has 2 aromatic rings. The molecule has 2 heterocycles. The Balaban J connectivity index is 1.54. The number of thiophene rings is 2. The molecule has 1 aliphatic rings. The normalized spacial score (nSPS) is 23.6. The zero-order chi connectivity index (χ0) is 15.0. The lowest BCUT2D eigenvalue weighted by Gasteiger charge is -2.22. The van der Waals surface area contributed by atoms with Gasteiger partial charge < -0.3 is 10.4 Å². The van der Waals surface area contributed by atoms with Gasteiger partial charge in [-0.1, -0.05) is 6.07 Å². The fourth-order valence-corrected chi connectivity index (χ4v) is 4.36. The number of hydrogen-bond donors (Lipinski definition) is 2. The van der Waals surface area contributed by atoms with E-state index in [1.165, 1.54) is 21.1 Å². The van der Waals surface area contributed by atoms with E-state index in [1.807, 2.05) is 17.5 Å². The zero-order valence-electron chi connectivity index (χ0n) is 12.1. The topological polar surface area (TPSA) is 49.3 Å². The molecule has 0 aromatic carbocycles. The molecule has 1 amide bonds. The zero-order valence-corrected chi connectivity index (χ0v) is 13.8. The molecule has 0 radical (unpaired) electrons. The van der Waals surface area contributed by atoms with Crippen molar-refractivity contribution in [3.8, 4) is 0 Å². The van der Waals surface area contributed by atoms with Gasteiger partial charge in [-0.05, 0) is 43.8 Å². The number of amides is 1. The van der Waals surface area contributed by atoms with Gasteiger partial charge in [-0.3, -0.25) is 4.79 Å². The molecule has 1 saturated carbocycles. The molecule has 3 unspecified atom stereocenters. The third kappa shape index (κ3) is 3.20.